The summed E-state index contributed by atoms with van der Waals surface area (Å²) in [4.78, 5) is 27.8. The zero-order chi connectivity index (χ0) is 13.1. The molecule has 0 aromatic carbocycles. The standard InChI is InChI=1S/2C4H7NO3.Sn/c2*1-3(4(6)7)5-8-2;/h2*1-2H3,(H,6,7);/q;;+2/p-2/b2*5-3-;. The Balaban J connectivity index is -0.000000218. The number of carbonyl (C=O) groups is 2. The van der Waals surface area contributed by atoms with Crippen molar-refractivity contribution in [2.24, 2.45) is 10.3 Å². The number of oxime groups is 2. The molecule has 0 amide bonds. The molecule has 0 aliphatic rings. The maximum absolute atomic E-state index is 9.77. The first-order valence-corrected chi connectivity index (χ1v) is 3.95. The van der Waals surface area contributed by atoms with Crippen LogP contribution in [0.5, 0.6) is 0 Å². The number of hydrogen-bond acceptors (Lipinski definition) is 8. The van der Waals surface area contributed by atoms with E-state index in [1.54, 1.807) is 0 Å². The first-order chi connectivity index (χ1) is 7.36. The molecule has 0 aliphatic carbocycles. The molecule has 0 bridgehead atoms. The van der Waals surface area contributed by atoms with E-state index in [1.807, 2.05) is 0 Å². The maximum Gasteiger partial charge on any atom is 2.00 e. The third kappa shape index (κ3) is 14.7. The van der Waals surface area contributed by atoms with Gasteiger partial charge in [0, 0.05) is 0 Å². The fourth-order valence-electron chi connectivity index (χ4n) is 0.348. The van der Waals surface area contributed by atoms with Crippen LogP contribution in [-0.2, 0) is 19.3 Å². The predicted molar refractivity (Wildman–Crippen MR) is 56.0 cm³/mol. The van der Waals surface area contributed by atoms with Crippen LogP contribution in [0.25, 0.3) is 0 Å². The molecule has 0 N–H and O–H groups in total. The van der Waals surface area contributed by atoms with Crippen molar-refractivity contribution in [3.05, 3.63) is 0 Å². The largest absolute Gasteiger partial charge is 2.00 e. The number of rotatable bonds is 4. The van der Waals surface area contributed by atoms with E-state index in [1.165, 1.54) is 28.1 Å². The number of carboxylic acids is 2. The van der Waals surface area contributed by atoms with Crippen LogP contribution < -0.4 is 10.2 Å². The van der Waals surface area contributed by atoms with E-state index < -0.39 is 11.9 Å². The van der Waals surface area contributed by atoms with Gasteiger partial charge in [-0.3, -0.25) is 0 Å². The second kappa shape index (κ2) is 12.7. The molecule has 94 valence electrons. The minimum atomic E-state index is -1.31. The average molecular weight is 351 g/mol. The molecule has 0 fully saturated rings. The molecule has 0 atom stereocenters. The SMILES string of the molecule is CO/N=C(/C)C(=O)[O-].CO/N=C(/C)C(=O)[O-].[Sn+2]. The molecular formula is C8H12N2O6Sn. The van der Waals surface area contributed by atoms with Gasteiger partial charge in [-0.15, -0.1) is 0 Å². The average Bonchev–Trinajstić information content (AvgIpc) is 2.19. The summed E-state index contributed by atoms with van der Waals surface area (Å²) in [6, 6.07) is 0. The van der Waals surface area contributed by atoms with E-state index in [2.05, 4.69) is 20.0 Å². The Bertz CT molecular complexity index is 272. The van der Waals surface area contributed by atoms with Gasteiger partial charge in [0.05, 0.1) is 23.4 Å². The Morgan fingerprint density at radius 3 is 1.18 bits per heavy atom. The summed E-state index contributed by atoms with van der Waals surface area (Å²) in [6.45, 7) is 2.58. The minimum Gasteiger partial charge on any atom is -0.543 e. The Labute approximate surface area is 115 Å². The number of hydrogen-bond donors (Lipinski definition) is 0. The Hall–Kier alpha value is -1.32. The Morgan fingerprint density at radius 1 is 0.882 bits per heavy atom. The maximum atomic E-state index is 9.77. The zero-order valence-electron chi connectivity index (χ0n) is 9.84. The van der Waals surface area contributed by atoms with Crippen LogP contribution in [0.4, 0.5) is 0 Å². The molecule has 9 heteroatoms. The van der Waals surface area contributed by atoms with Gasteiger partial charge in [-0.2, -0.15) is 0 Å². The normalized spacial score (nSPS) is 10.4. The van der Waals surface area contributed by atoms with Crippen LogP contribution in [0.15, 0.2) is 10.3 Å². The van der Waals surface area contributed by atoms with E-state index in [0.717, 1.165) is 0 Å². The Morgan fingerprint density at radius 2 is 1.12 bits per heavy atom. The molecule has 2 radical (unpaired) electrons. The first kappa shape index (κ1) is 21.0. The number of carboxylic acid groups (broad SMARTS) is 2. The third-order valence-corrected chi connectivity index (χ3v) is 1.05. The monoisotopic (exact) mass is 352 g/mol. The summed E-state index contributed by atoms with van der Waals surface area (Å²) in [7, 11) is 2.54. The Kier molecular flexibility index (Phi) is 15.8. The second-order valence-corrected chi connectivity index (χ2v) is 2.29. The van der Waals surface area contributed by atoms with Gasteiger partial charge in [-0.05, 0) is 13.8 Å². The summed E-state index contributed by atoms with van der Waals surface area (Å²) >= 11 is 0. The molecule has 0 rings (SSSR count). The minimum absolute atomic E-state index is 0. The van der Waals surface area contributed by atoms with Crippen molar-refractivity contribution in [3.8, 4) is 0 Å². The predicted octanol–water partition coefficient (Wildman–Crippen LogP) is -2.86. The van der Waals surface area contributed by atoms with E-state index >= 15 is 0 Å². The van der Waals surface area contributed by atoms with Crippen molar-refractivity contribution in [2.75, 3.05) is 14.2 Å². The van der Waals surface area contributed by atoms with E-state index in [4.69, 9.17) is 0 Å². The summed E-state index contributed by atoms with van der Waals surface area (Å²) in [5.74, 6) is -2.63. The van der Waals surface area contributed by atoms with Gasteiger partial charge >= 0.3 is 23.9 Å². The molecule has 0 aromatic rings. The topological polar surface area (TPSA) is 123 Å². The summed E-state index contributed by atoms with van der Waals surface area (Å²) < 4.78 is 0. The van der Waals surface area contributed by atoms with Gasteiger partial charge in [0.1, 0.15) is 14.2 Å². The summed E-state index contributed by atoms with van der Waals surface area (Å²) in [5, 5.41) is 25.7. The fraction of sp³-hybridized carbons (Fsp3) is 0.500. The van der Waals surface area contributed by atoms with Crippen LogP contribution in [0, 0.1) is 0 Å². The zero-order valence-corrected chi connectivity index (χ0v) is 12.7. The van der Waals surface area contributed by atoms with Gasteiger partial charge in [-0.25, -0.2) is 0 Å². The van der Waals surface area contributed by atoms with Crippen LogP contribution >= 0.6 is 0 Å². The summed E-state index contributed by atoms with van der Waals surface area (Å²) in [5.41, 5.74) is -0.319. The summed E-state index contributed by atoms with van der Waals surface area (Å²) in [6.07, 6.45) is 0. The molecule has 0 unspecified atom stereocenters. The van der Waals surface area contributed by atoms with Gasteiger partial charge in [-0.1, -0.05) is 10.3 Å². The molecule has 0 aromatic heterocycles. The number of aliphatic carboxylic acids is 2. The van der Waals surface area contributed by atoms with E-state index in [-0.39, 0.29) is 35.3 Å². The molecule has 0 saturated heterocycles. The van der Waals surface area contributed by atoms with E-state index in [0.29, 0.717) is 0 Å². The molecule has 0 aliphatic heterocycles. The quantitative estimate of drug-likeness (QED) is 0.305. The van der Waals surface area contributed by atoms with Crippen LogP contribution in [-0.4, -0.2) is 61.5 Å². The first-order valence-electron chi connectivity index (χ1n) is 3.95. The van der Waals surface area contributed by atoms with Crippen molar-refractivity contribution in [1.29, 1.82) is 0 Å². The van der Waals surface area contributed by atoms with Crippen LogP contribution in [0.2, 0.25) is 0 Å². The molecule has 8 nitrogen and oxygen atoms in total. The van der Waals surface area contributed by atoms with Gasteiger partial charge in [0.2, 0.25) is 0 Å². The van der Waals surface area contributed by atoms with Crippen molar-refractivity contribution in [2.45, 2.75) is 13.8 Å². The van der Waals surface area contributed by atoms with E-state index in [9.17, 15) is 19.8 Å². The second-order valence-electron chi connectivity index (χ2n) is 2.29. The van der Waals surface area contributed by atoms with Gasteiger partial charge in [0.15, 0.2) is 0 Å². The number of carbonyl (C=O) groups excluding carboxylic acids is 2. The smallest absolute Gasteiger partial charge is 0.543 e. The van der Waals surface area contributed by atoms with Crippen molar-refractivity contribution >= 4 is 47.3 Å². The van der Waals surface area contributed by atoms with Gasteiger partial charge in [0.25, 0.3) is 0 Å². The molecule has 17 heavy (non-hydrogen) atoms. The molecule has 0 spiro atoms. The van der Waals surface area contributed by atoms with Crippen molar-refractivity contribution in [3.63, 3.8) is 0 Å². The third-order valence-electron chi connectivity index (χ3n) is 1.05. The molecule has 0 heterocycles. The van der Waals surface area contributed by atoms with Gasteiger partial charge < -0.3 is 29.5 Å². The van der Waals surface area contributed by atoms with Crippen molar-refractivity contribution in [1.82, 2.24) is 0 Å². The molecular weight excluding hydrogens is 339 g/mol. The van der Waals surface area contributed by atoms with Crippen molar-refractivity contribution < 1.29 is 29.5 Å². The fourth-order valence-corrected chi connectivity index (χ4v) is 0.348. The van der Waals surface area contributed by atoms with Crippen LogP contribution in [0.1, 0.15) is 13.8 Å². The molecule has 0 saturated carbocycles. The number of nitrogens with zero attached hydrogens (tertiary/aromatic N) is 2. The van der Waals surface area contributed by atoms with Crippen LogP contribution in [0.3, 0.4) is 0 Å².